The summed E-state index contributed by atoms with van der Waals surface area (Å²) in [5.74, 6) is -3.06. The molecule has 0 saturated heterocycles. The van der Waals surface area contributed by atoms with Crippen molar-refractivity contribution in [2.75, 3.05) is 5.75 Å². The molecule has 1 aromatic rings. The lowest BCUT2D eigenvalue weighted by atomic mass is 9.91. The van der Waals surface area contributed by atoms with Crippen molar-refractivity contribution in [1.82, 2.24) is 4.72 Å². The summed E-state index contributed by atoms with van der Waals surface area (Å²) in [6, 6.07) is 4.12. The topological polar surface area (TPSA) is 93.0 Å². The number of alkyl halides is 3. The number of hydrogen-bond donors (Lipinski definition) is 1. The van der Waals surface area contributed by atoms with Crippen LogP contribution < -0.4 is 4.72 Å². The molecule has 0 aromatic heterocycles. The van der Waals surface area contributed by atoms with Crippen molar-refractivity contribution in [3.63, 3.8) is 0 Å². The van der Waals surface area contributed by atoms with Crippen molar-refractivity contribution < 1.29 is 30.5 Å². The zero-order valence-corrected chi connectivity index (χ0v) is 19.5. The minimum absolute atomic E-state index is 0.0582. The smallest absolute Gasteiger partial charge is 0.416 e. The van der Waals surface area contributed by atoms with Gasteiger partial charge in [-0.05, 0) is 52.8 Å². The molecule has 1 unspecified atom stereocenters. The number of nitrogens with one attached hydrogen (secondary N) is 1. The van der Waals surface area contributed by atoms with E-state index in [4.69, 9.17) is 5.26 Å². The van der Waals surface area contributed by atoms with Crippen LogP contribution >= 0.6 is 15.9 Å². The van der Waals surface area contributed by atoms with E-state index in [1.54, 1.807) is 0 Å². The number of rotatable bonds is 6. The van der Waals surface area contributed by atoms with Gasteiger partial charge in [0.2, 0.25) is 0 Å². The molecule has 29 heavy (non-hydrogen) atoms. The predicted octanol–water partition coefficient (Wildman–Crippen LogP) is 4.11. The van der Waals surface area contributed by atoms with Crippen molar-refractivity contribution >= 4 is 37.1 Å². The summed E-state index contributed by atoms with van der Waals surface area (Å²) in [6.45, 7) is 6.02. The van der Waals surface area contributed by atoms with E-state index in [2.05, 4.69) is 15.9 Å². The van der Waals surface area contributed by atoms with E-state index in [1.165, 1.54) is 26.8 Å². The molecular formula is C17H21BrF4N2O3S2. The van der Waals surface area contributed by atoms with Crippen LogP contribution in [-0.2, 0) is 26.7 Å². The van der Waals surface area contributed by atoms with E-state index >= 15 is 0 Å². The Morgan fingerprint density at radius 1 is 1.21 bits per heavy atom. The quantitative estimate of drug-likeness (QED) is 0.449. The highest BCUT2D eigenvalue weighted by Gasteiger charge is 2.64. The van der Waals surface area contributed by atoms with Gasteiger partial charge in [-0.1, -0.05) is 15.9 Å². The monoisotopic (exact) mass is 520 g/mol. The van der Waals surface area contributed by atoms with E-state index < -0.39 is 59.5 Å². The van der Waals surface area contributed by atoms with Crippen LogP contribution in [0.5, 0.6) is 0 Å². The van der Waals surface area contributed by atoms with Gasteiger partial charge in [-0.3, -0.25) is 0 Å². The van der Waals surface area contributed by atoms with E-state index in [9.17, 15) is 30.5 Å². The summed E-state index contributed by atoms with van der Waals surface area (Å²) in [6.07, 6.45) is -5.38. The van der Waals surface area contributed by atoms with Gasteiger partial charge in [0.15, 0.2) is 20.1 Å². The van der Waals surface area contributed by atoms with Crippen LogP contribution in [0.1, 0.15) is 40.2 Å². The molecule has 12 heteroatoms. The first-order chi connectivity index (χ1) is 12.8. The Bertz CT molecular complexity index is 909. The van der Waals surface area contributed by atoms with E-state index in [0.29, 0.717) is 0 Å². The molecular weight excluding hydrogens is 500 g/mol. The Morgan fingerprint density at radius 3 is 2.14 bits per heavy atom. The third kappa shape index (κ3) is 5.44. The average Bonchev–Trinajstić information content (AvgIpc) is 2.53. The molecule has 0 aliphatic rings. The summed E-state index contributed by atoms with van der Waals surface area (Å²) >= 11 is 0.523. The Hall–Kier alpha value is -0.870. The fraction of sp³-hybridized carbons (Fsp3) is 0.588. The zero-order chi connectivity index (χ0) is 23.1. The molecule has 1 rings (SSSR count). The maximum Gasteiger partial charge on any atom is 0.416 e. The molecule has 0 spiro atoms. The third-order valence-electron chi connectivity index (χ3n) is 4.15. The molecule has 0 amide bonds. The molecule has 0 aliphatic carbocycles. The standard InChI is InChI=1S/C17H21BrF4N2O3S2/c1-14(2,3)28(25)24-16(17(20,21)22,10-29(26,27)15(4,5)9-23)12-8-11(18)6-7-13(12)19/h6-8,24H,10H2,1-5H3/t16-,28?/m0/s1. The second-order valence-corrected chi connectivity index (χ2v) is 13.3. The molecule has 0 heterocycles. The first-order valence-electron chi connectivity index (χ1n) is 8.16. The maximum atomic E-state index is 14.6. The highest BCUT2D eigenvalue weighted by molar-refractivity contribution is 9.10. The minimum Gasteiger partial charge on any atom is -0.598 e. The van der Waals surface area contributed by atoms with Gasteiger partial charge < -0.3 is 4.55 Å². The first kappa shape index (κ1) is 26.2. The van der Waals surface area contributed by atoms with Crippen LogP contribution in [0.25, 0.3) is 0 Å². The van der Waals surface area contributed by atoms with Gasteiger partial charge in [-0.2, -0.15) is 18.4 Å². The van der Waals surface area contributed by atoms with E-state index in [1.807, 2.05) is 4.72 Å². The number of nitriles is 1. The third-order valence-corrected chi connectivity index (χ3v) is 8.75. The molecule has 0 aliphatic heterocycles. The molecule has 2 atom stereocenters. The van der Waals surface area contributed by atoms with Crippen LogP contribution in [0.15, 0.2) is 22.7 Å². The SMILES string of the molecule is CC(C)(C)[S+]([O-])N[C@@](CS(=O)(=O)C(C)(C)C#N)(c1cc(Br)ccc1F)C(F)(F)F. The highest BCUT2D eigenvalue weighted by Crippen LogP contribution is 2.44. The van der Waals surface area contributed by atoms with Gasteiger partial charge >= 0.3 is 6.18 Å². The van der Waals surface area contributed by atoms with E-state index in [-0.39, 0.29) is 4.47 Å². The fourth-order valence-electron chi connectivity index (χ4n) is 2.13. The lowest BCUT2D eigenvalue weighted by Crippen LogP contribution is -2.63. The Kier molecular flexibility index (Phi) is 7.52. The second-order valence-electron chi connectivity index (χ2n) is 7.89. The van der Waals surface area contributed by atoms with Gasteiger partial charge in [0.05, 0.1) is 11.8 Å². The van der Waals surface area contributed by atoms with Gasteiger partial charge in [0, 0.05) is 21.4 Å². The van der Waals surface area contributed by atoms with Crippen LogP contribution in [-0.4, -0.2) is 34.4 Å². The molecule has 1 N–H and O–H groups in total. The number of nitrogens with zero attached hydrogens (tertiary/aromatic N) is 1. The van der Waals surface area contributed by atoms with Crippen LogP contribution in [0.2, 0.25) is 0 Å². The Balaban J connectivity index is 3.92. The lowest BCUT2D eigenvalue weighted by Gasteiger charge is -2.39. The second kappa shape index (κ2) is 8.34. The normalized spacial score (nSPS) is 16.8. The minimum atomic E-state index is -5.38. The lowest BCUT2D eigenvalue weighted by molar-refractivity contribution is -0.188. The number of benzene rings is 1. The molecule has 0 fully saturated rings. The van der Waals surface area contributed by atoms with Crippen molar-refractivity contribution in [2.45, 2.75) is 55.8 Å². The van der Waals surface area contributed by atoms with Crippen molar-refractivity contribution in [3.8, 4) is 6.07 Å². The molecule has 1 aromatic carbocycles. The summed E-state index contributed by atoms with van der Waals surface area (Å²) in [5.41, 5.74) is -4.61. The summed E-state index contributed by atoms with van der Waals surface area (Å²) in [7, 11) is -4.78. The van der Waals surface area contributed by atoms with Crippen molar-refractivity contribution in [2.24, 2.45) is 0 Å². The maximum absolute atomic E-state index is 14.6. The van der Waals surface area contributed by atoms with Crippen molar-refractivity contribution in [1.29, 1.82) is 5.26 Å². The summed E-state index contributed by atoms with van der Waals surface area (Å²) in [5, 5.41) is 9.14. The molecule has 5 nitrogen and oxygen atoms in total. The molecule has 0 bridgehead atoms. The number of halogens is 5. The number of sulfone groups is 1. The molecule has 0 radical (unpaired) electrons. The predicted molar refractivity (Wildman–Crippen MR) is 106 cm³/mol. The Labute approximate surface area is 179 Å². The van der Waals surface area contributed by atoms with Gasteiger partial charge in [0.1, 0.15) is 10.6 Å². The zero-order valence-electron chi connectivity index (χ0n) is 16.3. The summed E-state index contributed by atoms with van der Waals surface area (Å²) < 4.78 is 94.4. The Morgan fingerprint density at radius 2 is 1.72 bits per heavy atom. The van der Waals surface area contributed by atoms with Gasteiger partial charge in [-0.15, -0.1) is 4.72 Å². The van der Waals surface area contributed by atoms with Gasteiger partial charge in [0.25, 0.3) is 0 Å². The first-order valence-corrected chi connectivity index (χ1v) is 11.8. The van der Waals surface area contributed by atoms with Gasteiger partial charge in [-0.25, -0.2) is 12.8 Å². The summed E-state index contributed by atoms with van der Waals surface area (Å²) in [4.78, 5) is 0. The van der Waals surface area contributed by atoms with Crippen LogP contribution in [0.3, 0.4) is 0 Å². The largest absolute Gasteiger partial charge is 0.598 e. The van der Waals surface area contributed by atoms with E-state index in [0.717, 1.165) is 32.0 Å². The average molecular weight is 521 g/mol. The molecule has 164 valence electrons. The van der Waals surface area contributed by atoms with Crippen molar-refractivity contribution in [3.05, 3.63) is 34.1 Å². The molecule has 0 saturated carbocycles. The fourth-order valence-corrected chi connectivity index (χ4v) is 4.96. The number of hydrogen-bond acceptors (Lipinski definition) is 5. The van der Waals surface area contributed by atoms with Crippen LogP contribution in [0, 0.1) is 17.1 Å². The highest BCUT2D eigenvalue weighted by atomic mass is 79.9. The van der Waals surface area contributed by atoms with Crippen LogP contribution in [0.4, 0.5) is 17.6 Å².